The zero-order valence-electron chi connectivity index (χ0n) is 16.3. The maximum Gasteiger partial charge on any atom is 0.306 e. The molecule has 2 N–H and O–H groups in total. The topological polar surface area (TPSA) is 84.2 Å². The fraction of sp³-hybridized carbons (Fsp3) is 0.348. The molecule has 1 heterocycles. The predicted octanol–water partition coefficient (Wildman–Crippen LogP) is 3.59. The van der Waals surface area contributed by atoms with Crippen LogP contribution in [0, 0.1) is 11.8 Å². The van der Waals surface area contributed by atoms with Gasteiger partial charge in [0.2, 0.25) is 5.91 Å². The smallest absolute Gasteiger partial charge is 0.306 e. The van der Waals surface area contributed by atoms with E-state index in [4.69, 9.17) is 0 Å². The summed E-state index contributed by atoms with van der Waals surface area (Å²) in [7, 11) is 0. The Kier molecular flexibility index (Phi) is 5.60. The van der Waals surface area contributed by atoms with Crippen LogP contribution in [0.2, 0.25) is 0 Å². The number of rotatable bonds is 6. The van der Waals surface area contributed by atoms with Gasteiger partial charge in [-0.25, -0.2) is 4.98 Å². The lowest BCUT2D eigenvalue weighted by Gasteiger charge is -2.25. The normalized spacial score (nSPS) is 19.2. The van der Waals surface area contributed by atoms with Crippen LogP contribution < -0.4 is 5.32 Å². The second kappa shape index (κ2) is 8.47. The molecule has 2 unspecified atom stereocenters. The number of fused-ring (bicyclic) bond motifs is 1. The first-order chi connectivity index (χ1) is 14.1. The molecule has 1 amide bonds. The van der Waals surface area contributed by atoms with Crippen LogP contribution in [-0.2, 0) is 22.7 Å². The Balaban J connectivity index is 1.32. The highest BCUT2D eigenvalue weighted by Gasteiger charge is 2.30. The van der Waals surface area contributed by atoms with E-state index in [1.165, 1.54) is 5.56 Å². The Morgan fingerprint density at radius 1 is 1.03 bits per heavy atom. The SMILES string of the molecule is O=C(O)C1CCCC(C(=O)NCc2ccc(Cn3cnc4ccccc43)cc2)C1. The molecule has 1 saturated carbocycles. The van der Waals surface area contributed by atoms with Crippen molar-refractivity contribution in [2.24, 2.45) is 11.8 Å². The van der Waals surface area contributed by atoms with Crippen molar-refractivity contribution in [2.75, 3.05) is 0 Å². The van der Waals surface area contributed by atoms with Crippen LogP contribution in [0.3, 0.4) is 0 Å². The molecular weight excluding hydrogens is 366 g/mol. The van der Waals surface area contributed by atoms with E-state index in [0.717, 1.165) is 36.0 Å². The van der Waals surface area contributed by atoms with Gasteiger partial charge in [-0.3, -0.25) is 9.59 Å². The Morgan fingerprint density at radius 2 is 1.76 bits per heavy atom. The number of nitrogens with zero attached hydrogens (tertiary/aromatic N) is 2. The molecular formula is C23H25N3O3. The molecule has 1 aliphatic rings. The summed E-state index contributed by atoms with van der Waals surface area (Å²) in [6.45, 7) is 1.20. The number of carboxylic acid groups (broad SMARTS) is 1. The van der Waals surface area contributed by atoms with E-state index >= 15 is 0 Å². The lowest BCUT2D eigenvalue weighted by Crippen LogP contribution is -2.35. The summed E-state index contributed by atoms with van der Waals surface area (Å²) in [5, 5.41) is 12.2. The second-order valence-corrected chi connectivity index (χ2v) is 7.79. The van der Waals surface area contributed by atoms with Crippen molar-refractivity contribution in [3.63, 3.8) is 0 Å². The molecule has 6 heteroatoms. The van der Waals surface area contributed by atoms with Crippen LogP contribution in [0.1, 0.15) is 36.8 Å². The minimum atomic E-state index is -0.788. The van der Waals surface area contributed by atoms with Gasteiger partial charge in [0.15, 0.2) is 0 Å². The summed E-state index contributed by atoms with van der Waals surface area (Å²) in [4.78, 5) is 28.0. The molecule has 1 aromatic heterocycles. The van der Waals surface area contributed by atoms with Gasteiger partial charge in [-0.15, -0.1) is 0 Å². The molecule has 6 nitrogen and oxygen atoms in total. The van der Waals surface area contributed by atoms with E-state index in [0.29, 0.717) is 19.4 Å². The van der Waals surface area contributed by atoms with Gasteiger partial charge in [0, 0.05) is 19.0 Å². The number of aromatic nitrogens is 2. The maximum atomic E-state index is 12.4. The number of imidazole rings is 1. The lowest BCUT2D eigenvalue weighted by atomic mass is 9.81. The first kappa shape index (κ1) is 19.2. The van der Waals surface area contributed by atoms with E-state index in [9.17, 15) is 14.7 Å². The highest BCUT2D eigenvalue weighted by atomic mass is 16.4. The zero-order chi connectivity index (χ0) is 20.2. The van der Waals surface area contributed by atoms with Gasteiger partial charge in [-0.1, -0.05) is 42.8 Å². The molecule has 2 aromatic carbocycles. The number of benzene rings is 2. The fourth-order valence-electron chi connectivity index (χ4n) is 4.08. The van der Waals surface area contributed by atoms with Crippen LogP contribution in [0.15, 0.2) is 54.9 Å². The van der Waals surface area contributed by atoms with Gasteiger partial charge in [-0.05, 0) is 42.5 Å². The number of carbonyl (C=O) groups is 2. The van der Waals surface area contributed by atoms with Crippen LogP contribution in [-0.4, -0.2) is 26.5 Å². The number of aliphatic carboxylic acids is 1. The highest BCUT2D eigenvalue weighted by Crippen LogP contribution is 2.29. The molecule has 0 saturated heterocycles. The Labute approximate surface area is 169 Å². The standard InChI is InChI=1S/C23H25N3O3/c27-22(18-4-3-5-19(12-18)23(28)29)24-13-16-8-10-17(11-9-16)14-26-15-25-20-6-1-2-7-21(20)26/h1-2,6-11,15,18-19H,3-5,12-14H2,(H,24,27)(H,28,29). The third-order valence-corrected chi connectivity index (χ3v) is 5.76. The third-order valence-electron chi connectivity index (χ3n) is 5.76. The lowest BCUT2D eigenvalue weighted by molar-refractivity contribution is -0.144. The van der Waals surface area contributed by atoms with Gasteiger partial charge in [0.1, 0.15) is 0 Å². The largest absolute Gasteiger partial charge is 0.481 e. The average Bonchev–Trinajstić information content (AvgIpc) is 3.16. The first-order valence-electron chi connectivity index (χ1n) is 10.1. The van der Waals surface area contributed by atoms with E-state index in [1.54, 1.807) is 0 Å². The third kappa shape index (κ3) is 4.47. The quantitative estimate of drug-likeness (QED) is 0.673. The first-order valence-corrected chi connectivity index (χ1v) is 10.1. The Morgan fingerprint density at radius 3 is 2.55 bits per heavy atom. The van der Waals surface area contributed by atoms with Gasteiger partial charge in [0.25, 0.3) is 0 Å². The number of hydrogen-bond donors (Lipinski definition) is 2. The predicted molar refractivity (Wildman–Crippen MR) is 110 cm³/mol. The van der Waals surface area contributed by atoms with Crippen molar-refractivity contribution in [1.82, 2.24) is 14.9 Å². The van der Waals surface area contributed by atoms with Crippen molar-refractivity contribution in [2.45, 2.75) is 38.8 Å². The van der Waals surface area contributed by atoms with Crippen molar-refractivity contribution < 1.29 is 14.7 Å². The molecule has 0 radical (unpaired) electrons. The van der Waals surface area contributed by atoms with Gasteiger partial charge in [0.05, 0.1) is 23.3 Å². The molecule has 1 aliphatic carbocycles. The molecule has 4 rings (SSSR count). The van der Waals surface area contributed by atoms with Crippen LogP contribution in [0.5, 0.6) is 0 Å². The molecule has 150 valence electrons. The van der Waals surface area contributed by atoms with E-state index in [1.807, 2.05) is 36.7 Å². The van der Waals surface area contributed by atoms with Crippen molar-refractivity contribution in [3.8, 4) is 0 Å². The van der Waals surface area contributed by atoms with E-state index in [-0.39, 0.29) is 11.8 Å². The Hall–Kier alpha value is -3.15. The molecule has 3 aromatic rings. The van der Waals surface area contributed by atoms with Gasteiger partial charge < -0.3 is 15.0 Å². The summed E-state index contributed by atoms with van der Waals surface area (Å²) in [5.41, 5.74) is 4.29. The molecule has 0 spiro atoms. The molecule has 29 heavy (non-hydrogen) atoms. The summed E-state index contributed by atoms with van der Waals surface area (Å²) in [6, 6.07) is 16.2. The average molecular weight is 391 g/mol. The minimum Gasteiger partial charge on any atom is -0.481 e. The number of carbonyl (C=O) groups excluding carboxylic acids is 1. The zero-order valence-corrected chi connectivity index (χ0v) is 16.3. The summed E-state index contributed by atoms with van der Waals surface area (Å²) in [5.74, 6) is -1.41. The number of carboxylic acids is 1. The van der Waals surface area contributed by atoms with Gasteiger partial charge >= 0.3 is 5.97 Å². The number of hydrogen-bond acceptors (Lipinski definition) is 3. The van der Waals surface area contributed by atoms with Crippen LogP contribution >= 0.6 is 0 Å². The van der Waals surface area contributed by atoms with Gasteiger partial charge in [-0.2, -0.15) is 0 Å². The number of nitrogens with one attached hydrogen (secondary N) is 1. The molecule has 1 fully saturated rings. The highest BCUT2D eigenvalue weighted by molar-refractivity contribution is 5.80. The fourth-order valence-corrected chi connectivity index (χ4v) is 4.08. The van der Waals surface area contributed by atoms with E-state index in [2.05, 4.69) is 33.1 Å². The van der Waals surface area contributed by atoms with Crippen LogP contribution in [0.4, 0.5) is 0 Å². The monoisotopic (exact) mass is 391 g/mol. The minimum absolute atomic E-state index is 0.0371. The summed E-state index contributed by atoms with van der Waals surface area (Å²) in [6.07, 6.45) is 4.54. The molecule has 2 atom stereocenters. The van der Waals surface area contributed by atoms with Crippen molar-refractivity contribution in [3.05, 3.63) is 66.0 Å². The second-order valence-electron chi connectivity index (χ2n) is 7.79. The summed E-state index contributed by atoms with van der Waals surface area (Å²) >= 11 is 0. The van der Waals surface area contributed by atoms with E-state index < -0.39 is 11.9 Å². The summed E-state index contributed by atoms with van der Waals surface area (Å²) < 4.78 is 2.12. The molecule has 0 aliphatic heterocycles. The van der Waals surface area contributed by atoms with Crippen molar-refractivity contribution in [1.29, 1.82) is 0 Å². The van der Waals surface area contributed by atoms with Crippen LogP contribution in [0.25, 0.3) is 11.0 Å². The number of amides is 1. The Bertz CT molecular complexity index is 1010. The maximum absolute atomic E-state index is 12.4. The molecule has 0 bridgehead atoms. The number of para-hydroxylation sites is 2. The van der Waals surface area contributed by atoms with Crippen molar-refractivity contribution >= 4 is 22.9 Å².